The van der Waals surface area contributed by atoms with Gasteiger partial charge in [-0.3, -0.25) is 4.90 Å². The largest absolute Gasteiger partial charge is 0.379 e. The fourth-order valence-electron chi connectivity index (χ4n) is 4.88. The van der Waals surface area contributed by atoms with Crippen LogP contribution in [0.25, 0.3) is 16.6 Å². The molecule has 1 aromatic heterocycles. The van der Waals surface area contributed by atoms with Crippen LogP contribution in [0.3, 0.4) is 0 Å². The first-order valence-corrected chi connectivity index (χ1v) is 10.5. The molecule has 1 aliphatic carbocycles. The molecule has 0 spiro atoms. The highest BCUT2D eigenvalue weighted by Crippen LogP contribution is 2.34. The Kier molecular flexibility index (Phi) is 4.90. The summed E-state index contributed by atoms with van der Waals surface area (Å²) < 4.78 is 21.6. The molecule has 2 aromatic carbocycles. The van der Waals surface area contributed by atoms with Crippen LogP contribution in [0.15, 0.2) is 48.7 Å². The lowest BCUT2D eigenvalue weighted by Crippen LogP contribution is -2.48. The van der Waals surface area contributed by atoms with Crippen molar-refractivity contribution in [1.82, 2.24) is 14.7 Å². The average Bonchev–Trinajstić information content (AvgIpc) is 3.37. The minimum Gasteiger partial charge on any atom is -0.379 e. The van der Waals surface area contributed by atoms with Gasteiger partial charge in [-0.2, -0.15) is 5.10 Å². The first-order chi connectivity index (χ1) is 14.7. The molecule has 2 heterocycles. The lowest BCUT2D eigenvalue weighted by Gasteiger charge is -2.36. The summed E-state index contributed by atoms with van der Waals surface area (Å²) in [7, 11) is 1.74. The van der Waals surface area contributed by atoms with Gasteiger partial charge < -0.3 is 9.64 Å². The Labute approximate surface area is 174 Å². The average molecular weight is 408 g/mol. The summed E-state index contributed by atoms with van der Waals surface area (Å²) in [5.74, 6) is -0.334. The predicted octanol–water partition coefficient (Wildman–Crippen LogP) is 4.36. The highest BCUT2D eigenvalue weighted by atomic mass is 19.1. The van der Waals surface area contributed by atoms with Crippen molar-refractivity contribution in [3.63, 3.8) is 0 Å². The van der Waals surface area contributed by atoms with Crippen molar-refractivity contribution in [2.75, 3.05) is 25.1 Å². The number of ether oxygens (including phenoxy) is 1. The molecule has 0 N–H and O–H groups in total. The lowest BCUT2D eigenvalue weighted by atomic mass is 9.91. The third-order valence-electron chi connectivity index (χ3n) is 6.37. The van der Waals surface area contributed by atoms with E-state index in [4.69, 9.17) is 4.74 Å². The molecule has 30 heavy (non-hydrogen) atoms. The normalized spacial score (nSPS) is 22.3. The molecule has 156 valence electrons. The van der Waals surface area contributed by atoms with E-state index in [1.165, 1.54) is 6.07 Å². The van der Waals surface area contributed by atoms with Gasteiger partial charge in [0.05, 0.1) is 29.5 Å². The first kappa shape index (κ1) is 19.1. The van der Waals surface area contributed by atoms with Crippen molar-refractivity contribution in [1.29, 1.82) is 0 Å². The number of nitrogens with zero attached hydrogens (tertiary/aromatic N) is 4. The molecule has 0 radical (unpaired) electrons. The number of amides is 2. The molecule has 1 saturated heterocycles. The lowest BCUT2D eigenvalue weighted by molar-refractivity contribution is 0.00909. The topological polar surface area (TPSA) is 50.6 Å². The number of fused-ring (bicyclic) bond motifs is 1. The number of hydrogen-bond donors (Lipinski definition) is 0. The van der Waals surface area contributed by atoms with E-state index in [9.17, 15) is 9.18 Å². The highest BCUT2D eigenvalue weighted by Gasteiger charge is 2.39. The summed E-state index contributed by atoms with van der Waals surface area (Å²) in [5, 5.41) is 5.26. The molecule has 2 amide bonds. The highest BCUT2D eigenvalue weighted by molar-refractivity contribution is 6.03. The fraction of sp³-hybridized carbons (Fsp3) is 0.391. The number of anilines is 1. The molecule has 7 heteroatoms. The molecular weight excluding hydrogens is 383 g/mol. The van der Waals surface area contributed by atoms with E-state index in [-0.39, 0.29) is 24.0 Å². The van der Waals surface area contributed by atoms with Crippen LogP contribution < -0.4 is 4.90 Å². The number of aromatic nitrogens is 2. The smallest absolute Gasteiger partial charge is 0.324 e. The molecule has 0 bridgehead atoms. The molecule has 0 unspecified atom stereocenters. The van der Waals surface area contributed by atoms with Crippen LogP contribution >= 0.6 is 0 Å². The van der Waals surface area contributed by atoms with Gasteiger partial charge in [-0.1, -0.05) is 31.0 Å². The predicted molar refractivity (Wildman–Crippen MR) is 114 cm³/mol. The number of para-hydroxylation sites is 1. The van der Waals surface area contributed by atoms with Crippen LogP contribution in [-0.2, 0) is 4.74 Å². The monoisotopic (exact) mass is 408 g/mol. The van der Waals surface area contributed by atoms with Gasteiger partial charge in [0.25, 0.3) is 0 Å². The van der Waals surface area contributed by atoms with Crippen LogP contribution in [0.1, 0.15) is 25.7 Å². The van der Waals surface area contributed by atoms with Crippen LogP contribution in [0, 0.1) is 5.82 Å². The van der Waals surface area contributed by atoms with Crippen molar-refractivity contribution in [2.24, 2.45) is 0 Å². The number of hydrogen-bond acceptors (Lipinski definition) is 3. The SMILES string of the molecule is CO[C@H]1CCCC[C@@H]1N1CCN(c2cccc3c2cnn3-c2ccccc2F)C1=O. The summed E-state index contributed by atoms with van der Waals surface area (Å²) in [6, 6.07) is 12.4. The van der Waals surface area contributed by atoms with Gasteiger partial charge in [0, 0.05) is 25.6 Å². The Bertz CT molecular complexity index is 1080. The molecule has 1 saturated carbocycles. The molecule has 2 atom stereocenters. The minimum atomic E-state index is -0.334. The van der Waals surface area contributed by atoms with Gasteiger partial charge in [0.1, 0.15) is 11.5 Å². The van der Waals surface area contributed by atoms with Crippen LogP contribution in [0.4, 0.5) is 14.9 Å². The van der Waals surface area contributed by atoms with Crippen LogP contribution in [-0.4, -0.2) is 53.1 Å². The van der Waals surface area contributed by atoms with E-state index < -0.39 is 0 Å². The van der Waals surface area contributed by atoms with Crippen molar-refractivity contribution in [3.05, 3.63) is 54.5 Å². The fourth-order valence-corrected chi connectivity index (χ4v) is 4.88. The molecule has 5 rings (SSSR count). The third-order valence-corrected chi connectivity index (χ3v) is 6.37. The van der Waals surface area contributed by atoms with Crippen LogP contribution in [0.5, 0.6) is 0 Å². The zero-order valence-electron chi connectivity index (χ0n) is 17.0. The summed E-state index contributed by atoms with van der Waals surface area (Å²) in [6.45, 7) is 1.30. The number of halogens is 1. The van der Waals surface area contributed by atoms with Crippen LogP contribution in [0.2, 0.25) is 0 Å². The Morgan fingerprint density at radius 3 is 2.67 bits per heavy atom. The third kappa shape index (κ3) is 3.04. The number of rotatable bonds is 4. The number of carbonyl (C=O) groups excluding carboxylic acids is 1. The number of methoxy groups -OCH3 is 1. The number of urea groups is 1. The van der Waals surface area contributed by atoms with Crippen molar-refractivity contribution < 1.29 is 13.9 Å². The first-order valence-electron chi connectivity index (χ1n) is 10.5. The Balaban J connectivity index is 1.49. The van der Waals surface area contributed by atoms with Gasteiger partial charge in [0.15, 0.2) is 0 Å². The summed E-state index contributed by atoms with van der Waals surface area (Å²) >= 11 is 0. The minimum absolute atomic E-state index is 0.00934. The van der Waals surface area contributed by atoms with Gasteiger partial charge >= 0.3 is 6.03 Å². The van der Waals surface area contributed by atoms with E-state index in [1.807, 2.05) is 28.0 Å². The summed E-state index contributed by atoms with van der Waals surface area (Å²) in [6.07, 6.45) is 6.06. The van der Waals surface area contributed by atoms with E-state index in [0.29, 0.717) is 18.8 Å². The Hall–Kier alpha value is -2.93. The van der Waals surface area contributed by atoms with Crippen molar-refractivity contribution >= 4 is 22.6 Å². The summed E-state index contributed by atoms with van der Waals surface area (Å²) in [4.78, 5) is 17.1. The maximum Gasteiger partial charge on any atom is 0.324 e. The Morgan fingerprint density at radius 1 is 1.03 bits per heavy atom. The molecule has 1 aliphatic heterocycles. The zero-order valence-corrected chi connectivity index (χ0v) is 17.0. The molecule has 2 fully saturated rings. The van der Waals surface area contributed by atoms with Gasteiger partial charge in [-0.05, 0) is 37.1 Å². The van der Waals surface area contributed by atoms with E-state index in [0.717, 1.165) is 42.3 Å². The molecule has 3 aromatic rings. The molecular formula is C23H25FN4O2. The standard InChI is InChI=1S/C23H25FN4O2/c1-30-22-12-5-4-9-21(22)27-14-13-26(23(27)29)18-10-6-11-19-16(18)15-25-28(19)20-8-3-2-7-17(20)24/h2-3,6-8,10-11,15,21-22H,4-5,9,12-14H2,1H3/t21-,22-/m0/s1. The molecule has 2 aliphatic rings. The second kappa shape index (κ2) is 7.72. The Morgan fingerprint density at radius 2 is 1.83 bits per heavy atom. The van der Waals surface area contributed by atoms with E-state index in [2.05, 4.69) is 5.10 Å². The summed E-state index contributed by atoms with van der Waals surface area (Å²) in [5.41, 5.74) is 1.98. The van der Waals surface area contributed by atoms with Crippen molar-refractivity contribution in [2.45, 2.75) is 37.8 Å². The maximum atomic E-state index is 14.3. The van der Waals surface area contributed by atoms with E-state index in [1.54, 1.807) is 36.2 Å². The zero-order chi connectivity index (χ0) is 20.7. The second-order valence-corrected chi connectivity index (χ2v) is 7.97. The number of benzene rings is 2. The van der Waals surface area contributed by atoms with E-state index >= 15 is 0 Å². The molecule has 6 nitrogen and oxygen atoms in total. The van der Waals surface area contributed by atoms with Gasteiger partial charge in [0.2, 0.25) is 0 Å². The second-order valence-electron chi connectivity index (χ2n) is 7.97. The number of carbonyl (C=O) groups is 1. The van der Waals surface area contributed by atoms with Gasteiger partial charge in [-0.15, -0.1) is 0 Å². The van der Waals surface area contributed by atoms with Gasteiger partial charge in [-0.25, -0.2) is 13.9 Å². The maximum absolute atomic E-state index is 14.3. The van der Waals surface area contributed by atoms with Crippen molar-refractivity contribution in [3.8, 4) is 5.69 Å². The quantitative estimate of drug-likeness (QED) is 0.644.